The summed E-state index contributed by atoms with van der Waals surface area (Å²) in [5.74, 6) is 0.664. The van der Waals surface area contributed by atoms with Crippen LogP contribution in [0.1, 0.15) is 15.9 Å². The summed E-state index contributed by atoms with van der Waals surface area (Å²) in [6.45, 7) is 2.00. The van der Waals surface area contributed by atoms with Gasteiger partial charge in [0.05, 0.1) is 12.7 Å². The fourth-order valence-corrected chi connectivity index (χ4v) is 2.17. The fraction of sp³-hybridized carbons (Fsp3) is 0.235. The average molecular weight is 284 g/mol. The molecule has 1 amide bonds. The third-order valence-electron chi connectivity index (χ3n) is 3.42. The number of rotatable bonds is 4. The number of nitrogens with one attached hydrogen (secondary N) is 1. The smallest absolute Gasteiger partial charge is 0.260 e. The molecule has 0 atom stereocenters. The lowest BCUT2D eigenvalue weighted by Crippen LogP contribution is -2.27. The number of hydrogen-bond donors (Lipinski definition) is 1. The topological polar surface area (TPSA) is 41.6 Å². The molecule has 2 aromatic rings. The fourth-order valence-electron chi connectivity index (χ4n) is 2.17. The highest BCUT2D eigenvalue weighted by atomic mass is 16.5. The third-order valence-corrected chi connectivity index (χ3v) is 3.42. The molecule has 0 fully saturated rings. The minimum absolute atomic E-state index is 0.0624. The van der Waals surface area contributed by atoms with Gasteiger partial charge in [-0.05, 0) is 36.8 Å². The molecular formula is C17H20N2O2. The summed E-state index contributed by atoms with van der Waals surface area (Å²) in [5.41, 5.74) is 3.38. The predicted octanol–water partition coefficient (Wildman–Crippen LogP) is 3.32. The summed E-state index contributed by atoms with van der Waals surface area (Å²) >= 11 is 0. The van der Waals surface area contributed by atoms with Gasteiger partial charge in [0, 0.05) is 31.5 Å². The first-order valence-electron chi connectivity index (χ1n) is 6.77. The molecule has 0 aliphatic heterocycles. The molecule has 0 heterocycles. The SMILES string of the molecule is CNc1cc(C)ccc1C(=O)N(C)c1cccc(OC)c1. The van der Waals surface area contributed by atoms with Crippen LogP contribution in [-0.2, 0) is 0 Å². The van der Waals surface area contributed by atoms with E-state index < -0.39 is 0 Å². The molecule has 0 spiro atoms. The van der Waals surface area contributed by atoms with E-state index in [1.54, 1.807) is 19.1 Å². The van der Waals surface area contributed by atoms with Crippen molar-refractivity contribution in [1.82, 2.24) is 0 Å². The van der Waals surface area contributed by atoms with Gasteiger partial charge in [0.25, 0.3) is 5.91 Å². The van der Waals surface area contributed by atoms with Gasteiger partial charge in [-0.2, -0.15) is 0 Å². The van der Waals surface area contributed by atoms with Gasteiger partial charge in [-0.15, -0.1) is 0 Å². The lowest BCUT2D eigenvalue weighted by Gasteiger charge is -2.20. The van der Waals surface area contributed by atoms with Crippen LogP contribution in [0, 0.1) is 6.92 Å². The maximum atomic E-state index is 12.7. The lowest BCUT2D eigenvalue weighted by molar-refractivity contribution is 0.0994. The molecule has 0 saturated heterocycles. The normalized spacial score (nSPS) is 10.1. The Labute approximate surface area is 125 Å². The minimum atomic E-state index is -0.0624. The van der Waals surface area contributed by atoms with E-state index in [4.69, 9.17) is 4.74 Å². The second-order valence-corrected chi connectivity index (χ2v) is 4.86. The molecule has 2 rings (SSSR count). The zero-order valence-electron chi connectivity index (χ0n) is 12.8. The Bertz CT molecular complexity index is 653. The largest absolute Gasteiger partial charge is 0.497 e. The third kappa shape index (κ3) is 3.16. The second-order valence-electron chi connectivity index (χ2n) is 4.86. The van der Waals surface area contributed by atoms with Crippen LogP contribution in [0.3, 0.4) is 0 Å². The van der Waals surface area contributed by atoms with Gasteiger partial charge in [-0.1, -0.05) is 12.1 Å². The molecule has 0 aromatic heterocycles. The van der Waals surface area contributed by atoms with Crippen molar-refractivity contribution in [2.75, 3.05) is 31.4 Å². The van der Waals surface area contributed by atoms with E-state index in [9.17, 15) is 4.79 Å². The Balaban J connectivity index is 2.34. The van der Waals surface area contributed by atoms with Crippen LogP contribution in [0.2, 0.25) is 0 Å². The van der Waals surface area contributed by atoms with Crippen molar-refractivity contribution < 1.29 is 9.53 Å². The monoisotopic (exact) mass is 284 g/mol. The Morgan fingerprint density at radius 2 is 1.95 bits per heavy atom. The Hall–Kier alpha value is -2.49. The van der Waals surface area contributed by atoms with E-state index in [-0.39, 0.29) is 5.91 Å². The van der Waals surface area contributed by atoms with Crippen molar-refractivity contribution in [2.24, 2.45) is 0 Å². The summed E-state index contributed by atoms with van der Waals surface area (Å²) in [4.78, 5) is 14.3. The quantitative estimate of drug-likeness (QED) is 0.936. The summed E-state index contributed by atoms with van der Waals surface area (Å²) in [5, 5.41) is 3.07. The van der Waals surface area contributed by atoms with Crippen LogP contribution >= 0.6 is 0 Å². The van der Waals surface area contributed by atoms with Gasteiger partial charge in [0.1, 0.15) is 5.75 Å². The van der Waals surface area contributed by atoms with Crippen molar-refractivity contribution in [3.8, 4) is 5.75 Å². The molecule has 0 bridgehead atoms. The van der Waals surface area contributed by atoms with Crippen molar-refractivity contribution in [3.63, 3.8) is 0 Å². The summed E-state index contributed by atoms with van der Waals surface area (Å²) < 4.78 is 5.20. The number of carbonyl (C=O) groups is 1. The van der Waals surface area contributed by atoms with E-state index in [1.807, 2.05) is 56.4 Å². The number of ether oxygens (including phenoxy) is 1. The number of methoxy groups -OCH3 is 1. The first kappa shape index (κ1) is 14.9. The van der Waals surface area contributed by atoms with Crippen LogP contribution in [0.5, 0.6) is 5.75 Å². The molecule has 0 saturated carbocycles. The highest BCUT2D eigenvalue weighted by Gasteiger charge is 2.17. The van der Waals surface area contributed by atoms with Crippen LogP contribution in [-0.4, -0.2) is 27.1 Å². The minimum Gasteiger partial charge on any atom is -0.497 e. The van der Waals surface area contributed by atoms with Crippen LogP contribution < -0.4 is 15.0 Å². The molecule has 0 aliphatic carbocycles. The van der Waals surface area contributed by atoms with E-state index >= 15 is 0 Å². The molecule has 21 heavy (non-hydrogen) atoms. The number of benzene rings is 2. The maximum absolute atomic E-state index is 12.7. The van der Waals surface area contributed by atoms with Gasteiger partial charge in [-0.3, -0.25) is 4.79 Å². The highest BCUT2D eigenvalue weighted by Crippen LogP contribution is 2.24. The van der Waals surface area contributed by atoms with Crippen molar-refractivity contribution in [2.45, 2.75) is 6.92 Å². The molecule has 0 radical (unpaired) electrons. The summed E-state index contributed by atoms with van der Waals surface area (Å²) in [6.07, 6.45) is 0. The van der Waals surface area contributed by atoms with Crippen molar-refractivity contribution in [1.29, 1.82) is 0 Å². The molecule has 110 valence electrons. The number of carbonyl (C=O) groups excluding carboxylic acids is 1. The van der Waals surface area contributed by atoms with Gasteiger partial charge in [0.15, 0.2) is 0 Å². The molecule has 0 aliphatic rings. The Kier molecular flexibility index (Phi) is 4.48. The first-order valence-corrected chi connectivity index (χ1v) is 6.77. The zero-order valence-corrected chi connectivity index (χ0v) is 12.8. The average Bonchev–Trinajstić information content (AvgIpc) is 2.53. The molecule has 0 unspecified atom stereocenters. The highest BCUT2D eigenvalue weighted by molar-refractivity contribution is 6.09. The summed E-state index contributed by atoms with van der Waals surface area (Å²) in [6, 6.07) is 13.2. The maximum Gasteiger partial charge on any atom is 0.260 e. The molecule has 4 heteroatoms. The molecule has 2 aromatic carbocycles. The number of hydrogen-bond acceptors (Lipinski definition) is 3. The number of nitrogens with zero attached hydrogens (tertiary/aromatic N) is 1. The lowest BCUT2D eigenvalue weighted by atomic mass is 10.1. The van der Waals surface area contributed by atoms with Gasteiger partial charge in [0.2, 0.25) is 0 Å². The predicted molar refractivity (Wildman–Crippen MR) is 86.5 cm³/mol. The number of anilines is 2. The van der Waals surface area contributed by atoms with E-state index in [1.165, 1.54) is 0 Å². The van der Waals surface area contributed by atoms with E-state index in [0.29, 0.717) is 5.56 Å². The van der Waals surface area contributed by atoms with Crippen LogP contribution in [0.15, 0.2) is 42.5 Å². The Morgan fingerprint density at radius 1 is 1.19 bits per heavy atom. The zero-order chi connectivity index (χ0) is 15.4. The standard InChI is InChI=1S/C17H20N2O2/c1-12-8-9-15(16(10-12)18-2)17(20)19(3)13-6-5-7-14(11-13)21-4/h5-11,18H,1-4H3. The van der Waals surface area contributed by atoms with Crippen molar-refractivity contribution in [3.05, 3.63) is 53.6 Å². The first-order chi connectivity index (χ1) is 10.1. The van der Waals surface area contributed by atoms with Gasteiger partial charge in [-0.25, -0.2) is 0 Å². The van der Waals surface area contributed by atoms with Crippen LogP contribution in [0.4, 0.5) is 11.4 Å². The van der Waals surface area contributed by atoms with E-state index in [2.05, 4.69) is 5.32 Å². The van der Waals surface area contributed by atoms with Crippen LogP contribution in [0.25, 0.3) is 0 Å². The molecule has 1 N–H and O–H groups in total. The summed E-state index contributed by atoms with van der Waals surface area (Å²) in [7, 11) is 5.19. The van der Waals surface area contributed by atoms with E-state index in [0.717, 1.165) is 22.7 Å². The van der Waals surface area contributed by atoms with Gasteiger partial charge >= 0.3 is 0 Å². The number of aryl methyl sites for hydroxylation is 1. The Morgan fingerprint density at radius 3 is 2.62 bits per heavy atom. The second kappa shape index (κ2) is 6.31. The molecular weight excluding hydrogens is 264 g/mol. The molecule has 4 nitrogen and oxygen atoms in total. The van der Waals surface area contributed by atoms with Gasteiger partial charge < -0.3 is 15.0 Å². The van der Waals surface area contributed by atoms with Crippen molar-refractivity contribution >= 4 is 17.3 Å². The number of amides is 1.